The van der Waals surface area contributed by atoms with Crippen LogP contribution in [-0.4, -0.2) is 48.1 Å². The summed E-state index contributed by atoms with van der Waals surface area (Å²) in [7, 11) is 0. The van der Waals surface area contributed by atoms with Gasteiger partial charge >= 0.3 is 0 Å². The second kappa shape index (κ2) is 7.78. The highest BCUT2D eigenvalue weighted by molar-refractivity contribution is 5.99. The smallest absolute Gasteiger partial charge is 0.246 e. The fourth-order valence-electron chi connectivity index (χ4n) is 2.56. The molecule has 1 saturated heterocycles. The zero-order chi connectivity index (χ0) is 16.0. The van der Waals surface area contributed by atoms with E-state index in [1.807, 2.05) is 27.7 Å². The van der Waals surface area contributed by atoms with Crippen LogP contribution in [0.4, 0.5) is 0 Å². The third-order valence-corrected chi connectivity index (χ3v) is 4.36. The van der Waals surface area contributed by atoms with Gasteiger partial charge in [0.25, 0.3) is 0 Å². The monoisotopic (exact) mass is 298 g/mol. The van der Waals surface area contributed by atoms with Crippen molar-refractivity contribution in [2.75, 3.05) is 19.8 Å². The second-order valence-electron chi connectivity index (χ2n) is 6.28. The minimum atomic E-state index is -0.767. The molecule has 5 nitrogen and oxygen atoms in total. The van der Waals surface area contributed by atoms with Crippen molar-refractivity contribution in [2.45, 2.75) is 65.5 Å². The van der Waals surface area contributed by atoms with Crippen molar-refractivity contribution in [3.63, 3.8) is 0 Å². The van der Waals surface area contributed by atoms with Crippen LogP contribution in [0.25, 0.3) is 0 Å². The first-order valence-electron chi connectivity index (χ1n) is 8.08. The highest BCUT2D eigenvalue weighted by Crippen LogP contribution is 2.26. The molecule has 1 fully saturated rings. The summed E-state index contributed by atoms with van der Waals surface area (Å²) in [6, 6.07) is -0.423. The Kier molecular flexibility index (Phi) is 6.65. The number of ether oxygens (including phenoxy) is 1. The molecule has 0 aromatic rings. The fourth-order valence-corrected chi connectivity index (χ4v) is 2.56. The molecule has 0 aromatic heterocycles. The van der Waals surface area contributed by atoms with Crippen LogP contribution >= 0.6 is 0 Å². The third kappa shape index (κ3) is 3.96. The molecule has 1 heterocycles. The number of nitrogens with one attached hydrogen (secondary N) is 1. The first-order valence-corrected chi connectivity index (χ1v) is 8.08. The molecule has 2 atom stereocenters. The van der Waals surface area contributed by atoms with Crippen molar-refractivity contribution >= 4 is 11.8 Å². The lowest BCUT2D eigenvalue weighted by Gasteiger charge is -2.46. The van der Waals surface area contributed by atoms with Crippen molar-refractivity contribution in [2.24, 2.45) is 5.92 Å². The molecular weight excluding hydrogens is 268 g/mol. The predicted molar refractivity (Wildman–Crippen MR) is 82.9 cm³/mol. The summed E-state index contributed by atoms with van der Waals surface area (Å²) in [5.41, 5.74) is -0.767. The normalized spacial score (nSPS) is 26.4. The van der Waals surface area contributed by atoms with E-state index in [1.165, 1.54) is 0 Å². The molecule has 1 aliphatic rings. The van der Waals surface area contributed by atoms with Gasteiger partial charge < -0.3 is 15.0 Å². The van der Waals surface area contributed by atoms with Crippen LogP contribution in [0.1, 0.15) is 53.9 Å². The maximum Gasteiger partial charge on any atom is 0.246 e. The van der Waals surface area contributed by atoms with E-state index in [4.69, 9.17) is 4.74 Å². The Hall–Kier alpha value is -1.10. The number of piperazine rings is 1. The Morgan fingerprint density at radius 3 is 2.48 bits per heavy atom. The summed E-state index contributed by atoms with van der Waals surface area (Å²) in [5, 5.41) is 2.88. The van der Waals surface area contributed by atoms with Crippen LogP contribution < -0.4 is 5.32 Å². The average Bonchev–Trinajstić information content (AvgIpc) is 2.45. The Morgan fingerprint density at radius 2 is 1.95 bits per heavy atom. The van der Waals surface area contributed by atoms with Crippen LogP contribution in [0.5, 0.6) is 0 Å². The number of carbonyl (C=O) groups excluding carboxylic acids is 2. The van der Waals surface area contributed by atoms with Crippen LogP contribution in [0.15, 0.2) is 0 Å². The van der Waals surface area contributed by atoms with Gasteiger partial charge in [0, 0.05) is 13.2 Å². The molecule has 1 aliphatic heterocycles. The van der Waals surface area contributed by atoms with Gasteiger partial charge in [-0.05, 0) is 25.7 Å². The highest BCUT2D eigenvalue weighted by atomic mass is 16.5. The first kappa shape index (κ1) is 18.0. The van der Waals surface area contributed by atoms with Crippen molar-refractivity contribution in [3.05, 3.63) is 0 Å². The van der Waals surface area contributed by atoms with E-state index in [-0.39, 0.29) is 17.7 Å². The number of nitrogens with zero attached hydrogens (tertiary/aromatic N) is 1. The van der Waals surface area contributed by atoms with Gasteiger partial charge in [-0.3, -0.25) is 9.59 Å². The quantitative estimate of drug-likeness (QED) is 0.697. The number of unbranched alkanes of at least 4 members (excludes halogenated alkanes) is 1. The summed E-state index contributed by atoms with van der Waals surface area (Å²) >= 11 is 0. The molecule has 5 heteroatoms. The summed E-state index contributed by atoms with van der Waals surface area (Å²) in [4.78, 5) is 26.8. The topological polar surface area (TPSA) is 58.6 Å². The van der Waals surface area contributed by atoms with E-state index in [1.54, 1.807) is 4.90 Å². The molecule has 0 spiro atoms. The molecule has 0 radical (unpaired) electrons. The van der Waals surface area contributed by atoms with Crippen LogP contribution in [-0.2, 0) is 14.3 Å². The molecule has 0 aliphatic carbocycles. The van der Waals surface area contributed by atoms with Gasteiger partial charge in [0.15, 0.2) is 0 Å². The Balaban J connectivity index is 2.76. The molecule has 0 saturated carbocycles. The van der Waals surface area contributed by atoms with E-state index < -0.39 is 11.6 Å². The molecule has 1 N–H and O–H groups in total. The van der Waals surface area contributed by atoms with Gasteiger partial charge in [0.2, 0.25) is 11.8 Å². The van der Waals surface area contributed by atoms with Crippen LogP contribution in [0.2, 0.25) is 0 Å². The molecule has 0 bridgehead atoms. The zero-order valence-electron chi connectivity index (χ0n) is 14.1. The Bertz CT molecular complexity index is 371. The van der Waals surface area contributed by atoms with Gasteiger partial charge in [0.05, 0.1) is 6.61 Å². The van der Waals surface area contributed by atoms with Gasteiger partial charge in [-0.15, -0.1) is 0 Å². The summed E-state index contributed by atoms with van der Waals surface area (Å²) in [6.07, 6.45) is 2.71. The Morgan fingerprint density at radius 1 is 1.29 bits per heavy atom. The number of hydrogen-bond donors (Lipinski definition) is 1. The summed E-state index contributed by atoms with van der Waals surface area (Å²) in [6.45, 7) is 11.5. The minimum absolute atomic E-state index is 0.00745. The van der Waals surface area contributed by atoms with E-state index >= 15 is 0 Å². The van der Waals surface area contributed by atoms with Crippen molar-refractivity contribution in [3.8, 4) is 0 Å². The van der Waals surface area contributed by atoms with E-state index in [9.17, 15) is 9.59 Å². The molecule has 0 aromatic carbocycles. The third-order valence-electron chi connectivity index (χ3n) is 4.36. The molecule has 21 heavy (non-hydrogen) atoms. The number of rotatable bonds is 8. The lowest BCUT2D eigenvalue weighted by atomic mass is 9.88. The SMILES string of the molecule is CCCCOCCN1C(=O)C(C(C)C)NC(=O)C1(C)CC. The maximum atomic E-state index is 12.7. The summed E-state index contributed by atoms with van der Waals surface area (Å²) < 4.78 is 5.57. The van der Waals surface area contributed by atoms with Gasteiger partial charge in [0.1, 0.15) is 11.6 Å². The number of carbonyl (C=O) groups is 2. The zero-order valence-corrected chi connectivity index (χ0v) is 14.1. The van der Waals surface area contributed by atoms with Crippen molar-refractivity contribution in [1.82, 2.24) is 10.2 Å². The average molecular weight is 298 g/mol. The fraction of sp³-hybridized carbons (Fsp3) is 0.875. The first-order chi connectivity index (χ1) is 9.88. The van der Waals surface area contributed by atoms with Gasteiger partial charge in [-0.25, -0.2) is 0 Å². The lowest BCUT2D eigenvalue weighted by Crippen LogP contribution is -2.70. The van der Waals surface area contributed by atoms with E-state index in [0.717, 1.165) is 12.8 Å². The molecule has 122 valence electrons. The number of hydrogen-bond acceptors (Lipinski definition) is 3. The van der Waals surface area contributed by atoms with Crippen molar-refractivity contribution in [1.29, 1.82) is 0 Å². The molecule has 2 unspecified atom stereocenters. The largest absolute Gasteiger partial charge is 0.380 e. The Labute approximate surface area is 128 Å². The number of amides is 2. The molecule has 2 amide bonds. The van der Waals surface area contributed by atoms with E-state index in [0.29, 0.717) is 26.2 Å². The summed E-state index contributed by atoms with van der Waals surface area (Å²) in [5.74, 6) is 0.0382. The van der Waals surface area contributed by atoms with Crippen LogP contribution in [0.3, 0.4) is 0 Å². The van der Waals surface area contributed by atoms with Gasteiger partial charge in [-0.2, -0.15) is 0 Å². The van der Waals surface area contributed by atoms with Gasteiger partial charge in [-0.1, -0.05) is 34.1 Å². The highest BCUT2D eigenvalue weighted by Gasteiger charge is 2.48. The second-order valence-corrected chi connectivity index (χ2v) is 6.28. The van der Waals surface area contributed by atoms with Crippen molar-refractivity contribution < 1.29 is 14.3 Å². The molecular formula is C16H30N2O3. The standard InChI is InChI=1S/C16H30N2O3/c1-6-8-10-21-11-9-18-14(19)13(12(3)4)17-15(20)16(18,5)7-2/h12-13H,6-11H2,1-5H3,(H,17,20). The maximum absolute atomic E-state index is 12.7. The lowest BCUT2D eigenvalue weighted by molar-refractivity contribution is -0.159. The van der Waals surface area contributed by atoms with E-state index in [2.05, 4.69) is 12.2 Å². The van der Waals surface area contributed by atoms with Crippen LogP contribution in [0, 0.1) is 5.92 Å². The molecule has 1 rings (SSSR count). The predicted octanol–water partition coefficient (Wildman–Crippen LogP) is 1.95. The minimum Gasteiger partial charge on any atom is -0.380 e.